The molecule has 1 heterocycles. The van der Waals surface area contributed by atoms with E-state index in [0.717, 1.165) is 6.42 Å². The molecule has 1 aliphatic rings. The molecule has 0 saturated carbocycles. The van der Waals surface area contributed by atoms with Gasteiger partial charge in [-0.1, -0.05) is 77.6 Å². The van der Waals surface area contributed by atoms with Gasteiger partial charge in [-0.15, -0.1) is 0 Å². The van der Waals surface area contributed by atoms with Crippen molar-refractivity contribution in [1.82, 2.24) is 0 Å². The summed E-state index contributed by atoms with van der Waals surface area (Å²) in [6, 6.07) is 0. The molecule has 120 valence electrons. The van der Waals surface area contributed by atoms with E-state index >= 15 is 0 Å². The Morgan fingerprint density at radius 2 is 1.10 bits per heavy atom. The van der Waals surface area contributed by atoms with Crippen molar-refractivity contribution in [2.24, 2.45) is 0 Å². The third kappa shape index (κ3) is 9.77. The van der Waals surface area contributed by atoms with Gasteiger partial charge in [-0.25, -0.2) is 0 Å². The molecular weight excluding hydrogens is 248 g/mol. The fourth-order valence-corrected chi connectivity index (χ4v) is 2.98. The molecule has 1 saturated heterocycles. The number of ether oxygens (including phenoxy) is 1. The molecule has 0 bridgehead atoms. The zero-order chi connectivity index (χ0) is 14.5. The van der Waals surface area contributed by atoms with Crippen molar-refractivity contribution in [3.8, 4) is 0 Å². The Bertz CT molecular complexity index is 206. The van der Waals surface area contributed by atoms with Gasteiger partial charge < -0.3 is 9.84 Å². The van der Waals surface area contributed by atoms with Crippen LogP contribution in [0.2, 0.25) is 0 Å². The summed E-state index contributed by atoms with van der Waals surface area (Å²) in [5.41, 5.74) is 0. The smallest absolute Gasteiger partial charge is 0.0841 e. The maximum atomic E-state index is 8.68. The lowest BCUT2D eigenvalue weighted by Gasteiger charge is -2.01. The molecule has 20 heavy (non-hydrogen) atoms. The van der Waals surface area contributed by atoms with Crippen LogP contribution in [-0.2, 0) is 4.74 Å². The maximum Gasteiger partial charge on any atom is 0.0841 e. The summed E-state index contributed by atoms with van der Waals surface area (Å²) in [6.45, 7) is 2.63. The van der Waals surface area contributed by atoms with E-state index in [1.165, 1.54) is 83.5 Å². The first-order chi connectivity index (χ1) is 9.88. The summed E-state index contributed by atoms with van der Waals surface area (Å²) in [4.78, 5) is 0. The van der Waals surface area contributed by atoms with Crippen molar-refractivity contribution in [1.29, 1.82) is 0 Å². The van der Waals surface area contributed by atoms with Crippen LogP contribution in [0.25, 0.3) is 0 Å². The lowest BCUT2D eigenvalue weighted by atomic mass is 10.0. The minimum Gasteiger partial charge on any atom is -0.396 e. The van der Waals surface area contributed by atoms with Crippen molar-refractivity contribution in [2.75, 3.05) is 6.61 Å². The number of hydrogen-bond donors (Lipinski definition) is 1. The van der Waals surface area contributed by atoms with Gasteiger partial charge in [0.2, 0.25) is 0 Å². The van der Waals surface area contributed by atoms with Crippen molar-refractivity contribution in [3.63, 3.8) is 0 Å². The van der Waals surface area contributed by atoms with Crippen molar-refractivity contribution < 1.29 is 9.84 Å². The molecule has 0 amide bonds. The molecule has 1 fully saturated rings. The molecule has 2 atom stereocenters. The van der Waals surface area contributed by atoms with Crippen LogP contribution < -0.4 is 0 Å². The van der Waals surface area contributed by atoms with Crippen molar-refractivity contribution >= 4 is 0 Å². The highest BCUT2D eigenvalue weighted by molar-refractivity contribution is 4.84. The fraction of sp³-hybridized carbons (Fsp3) is 1.00. The molecule has 1 rings (SSSR count). The van der Waals surface area contributed by atoms with Crippen LogP contribution in [0.15, 0.2) is 0 Å². The molecule has 0 radical (unpaired) electrons. The maximum absolute atomic E-state index is 8.68. The van der Waals surface area contributed by atoms with Crippen LogP contribution in [0.5, 0.6) is 0 Å². The molecule has 0 aromatic carbocycles. The lowest BCUT2D eigenvalue weighted by Crippen LogP contribution is -1.94. The van der Waals surface area contributed by atoms with Crippen LogP contribution in [0, 0.1) is 0 Å². The molecule has 0 aromatic rings. The Morgan fingerprint density at radius 1 is 0.650 bits per heavy atom. The quantitative estimate of drug-likeness (QED) is 0.330. The van der Waals surface area contributed by atoms with Crippen LogP contribution in [0.4, 0.5) is 0 Å². The molecule has 1 aliphatic heterocycles. The topological polar surface area (TPSA) is 32.8 Å². The Balaban J connectivity index is 1.71. The summed E-state index contributed by atoms with van der Waals surface area (Å²) in [7, 11) is 0. The second kappa shape index (κ2) is 12.6. The zero-order valence-corrected chi connectivity index (χ0v) is 13.6. The molecule has 2 nitrogen and oxygen atoms in total. The summed E-state index contributed by atoms with van der Waals surface area (Å²) in [5, 5.41) is 8.68. The van der Waals surface area contributed by atoms with E-state index in [2.05, 4.69) is 6.92 Å². The first-order valence-corrected chi connectivity index (χ1v) is 9.14. The minimum atomic E-state index is 0.364. The van der Waals surface area contributed by atoms with Crippen LogP contribution in [0.1, 0.15) is 96.8 Å². The Morgan fingerprint density at radius 3 is 1.60 bits per heavy atom. The predicted molar refractivity (Wildman–Crippen MR) is 86.1 cm³/mol. The largest absolute Gasteiger partial charge is 0.396 e. The van der Waals surface area contributed by atoms with Gasteiger partial charge in [-0.05, 0) is 19.3 Å². The fourth-order valence-electron chi connectivity index (χ4n) is 2.98. The molecule has 2 heteroatoms. The van der Waals surface area contributed by atoms with E-state index in [1.54, 1.807) is 0 Å². The Hall–Kier alpha value is -0.0800. The zero-order valence-electron chi connectivity index (χ0n) is 13.6. The number of aliphatic hydroxyl groups excluding tert-OH is 1. The molecule has 0 aliphatic carbocycles. The molecule has 0 aromatic heterocycles. The third-order valence-corrected chi connectivity index (χ3v) is 4.43. The average Bonchev–Trinajstić information content (AvgIpc) is 3.20. The van der Waals surface area contributed by atoms with E-state index in [4.69, 9.17) is 9.84 Å². The number of rotatable bonds is 15. The highest BCUT2D eigenvalue weighted by Crippen LogP contribution is 2.31. The number of aliphatic hydroxyl groups is 1. The van der Waals surface area contributed by atoms with Gasteiger partial charge in [-0.2, -0.15) is 0 Å². The second-order valence-corrected chi connectivity index (χ2v) is 6.40. The van der Waals surface area contributed by atoms with Gasteiger partial charge >= 0.3 is 0 Å². The molecule has 0 unspecified atom stereocenters. The van der Waals surface area contributed by atoms with Gasteiger partial charge in [0.1, 0.15) is 0 Å². The van der Waals surface area contributed by atoms with Gasteiger partial charge in [-0.3, -0.25) is 0 Å². The standard InChI is InChI=1S/C18H36O2/c1-2-3-11-14-17-18(20-17)15-12-9-7-5-4-6-8-10-13-16-19/h17-19H,2-16H2,1H3/t17-,18-/m0/s1. The summed E-state index contributed by atoms with van der Waals surface area (Å²) >= 11 is 0. The van der Waals surface area contributed by atoms with Gasteiger partial charge in [0.25, 0.3) is 0 Å². The van der Waals surface area contributed by atoms with Gasteiger partial charge in [0, 0.05) is 6.61 Å². The average molecular weight is 284 g/mol. The van der Waals surface area contributed by atoms with E-state index < -0.39 is 0 Å². The first kappa shape index (κ1) is 18.0. The minimum absolute atomic E-state index is 0.364. The van der Waals surface area contributed by atoms with Crippen LogP contribution in [-0.4, -0.2) is 23.9 Å². The Kier molecular flexibility index (Phi) is 11.4. The SMILES string of the molecule is CCCCC[C@@H]1O[C@H]1CCCCCCCCCCCO. The van der Waals surface area contributed by atoms with E-state index in [1.807, 2.05) is 0 Å². The van der Waals surface area contributed by atoms with Crippen LogP contribution in [0.3, 0.4) is 0 Å². The first-order valence-electron chi connectivity index (χ1n) is 9.14. The number of unbranched alkanes of at least 4 members (excludes halogenated alkanes) is 10. The van der Waals surface area contributed by atoms with Gasteiger partial charge in [0.05, 0.1) is 12.2 Å². The molecule has 1 N–H and O–H groups in total. The third-order valence-electron chi connectivity index (χ3n) is 4.43. The van der Waals surface area contributed by atoms with Crippen LogP contribution >= 0.6 is 0 Å². The molecular formula is C18H36O2. The summed E-state index contributed by atoms with van der Waals surface area (Å²) in [5.74, 6) is 0. The predicted octanol–water partition coefficient (Wildman–Crippen LogP) is 5.23. The number of hydrogen-bond acceptors (Lipinski definition) is 2. The number of epoxide rings is 1. The second-order valence-electron chi connectivity index (χ2n) is 6.40. The van der Waals surface area contributed by atoms with E-state index in [9.17, 15) is 0 Å². The monoisotopic (exact) mass is 284 g/mol. The molecule has 0 spiro atoms. The lowest BCUT2D eigenvalue weighted by molar-refractivity contribution is 0.282. The van der Waals surface area contributed by atoms with E-state index in [0.29, 0.717) is 18.8 Å². The van der Waals surface area contributed by atoms with Crippen molar-refractivity contribution in [2.45, 2.75) is 109 Å². The summed E-state index contributed by atoms with van der Waals surface area (Å²) < 4.78 is 5.73. The normalized spacial score (nSPS) is 21.3. The van der Waals surface area contributed by atoms with E-state index in [-0.39, 0.29) is 0 Å². The van der Waals surface area contributed by atoms with Gasteiger partial charge in [0.15, 0.2) is 0 Å². The van der Waals surface area contributed by atoms with Crippen molar-refractivity contribution in [3.05, 3.63) is 0 Å². The highest BCUT2D eigenvalue weighted by Gasteiger charge is 2.36. The summed E-state index contributed by atoms with van der Waals surface area (Å²) in [6.07, 6.45) is 19.6. The Labute approximate surface area is 126 Å². The highest BCUT2D eigenvalue weighted by atomic mass is 16.6.